The first kappa shape index (κ1) is 19.7. The summed E-state index contributed by atoms with van der Waals surface area (Å²) >= 11 is 0. The number of aromatic nitrogens is 1. The molecule has 0 radical (unpaired) electrons. The molecule has 1 aromatic heterocycles. The molecule has 0 fully saturated rings. The van der Waals surface area contributed by atoms with Crippen molar-refractivity contribution in [2.75, 3.05) is 7.11 Å². The lowest BCUT2D eigenvalue weighted by atomic mass is 10.0. The molecule has 4 rings (SSSR count). The molecule has 152 valence electrons. The largest absolute Gasteiger partial charge is 0.497 e. The summed E-state index contributed by atoms with van der Waals surface area (Å²) in [6, 6.07) is 20.6. The van der Waals surface area contributed by atoms with Crippen molar-refractivity contribution in [2.24, 2.45) is 0 Å². The molecule has 0 aliphatic carbocycles. The van der Waals surface area contributed by atoms with Crippen LogP contribution in [0.1, 0.15) is 5.56 Å². The average Bonchev–Trinajstić information content (AvgIpc) is 3.14. The van der Waals surface area contributed by atoms with Crippen LogP contribution in [0.5, 0.6) is 5.75 Å². The number of nitrogens with zero attached hydrogens (tertiary/aromatic N) is 1. The molecule has 7 heteroatoms. The molecule has 0 unspecified atom stereocenters. The first-order chi connectivity index (χ1) is 14.4. The van der Waals surface area contributed by atoms with Crippen LogP contribution in [0.25, 0.3) is 22.0 Å². The van der Waals surface area contributed by atoms with Crippen LogP contribution in [0.4, 0.5) is 0 Å². The summed E-state index contributed by atoms with van der Waals surface area (Å²) in [5.74, 6) is -0.348. The van der Waals surface area contributed by atoms with Gasteiger partial charge in [-0.15, -0.1) is 0 Å². The van der Waals surface area contributed by atoms with Gasteiger partial charge in [0, 0.05) is 17.1 Å². The molecule has 3 aromatic carbocycles. The summed E-state index contributed by atoms with van der Waals surface area (Å²) in [6.07, 6.45) is 1.49. The summed E-state index contributed by atoms with van der Waals surface area (Å²) < 4.78 is 33.1. The van der Waals surface area contributed by atoms with E-state index in [0.717, 1.165) is 16.5 Å². The van der Waals surface area contributed by atoms with E-state index in [2.05, 4.69) is 0 Å². The number of fused-ring (bicyclic) bond motifs is 1. The molecule has 30 heavy (non-hydrogen) atoms. The molecule has 0 saturated carbocycles. The Kier molecular flexibility index (Phi) is 5.05. The smallest absolute Gasteiger partial charge is 0.307 e. The molecular formula is C23H19NO5S. The first-order valence-electron chi connectivity index (χ1n) is 9.21. The Hall–Kier alpha value is -3.58. The third-order valence-electron chi connectivity index (χ3n) is 4.89. The number of benzene rings is 3. The molecule has 0 aliphatic heterocycles. The van der Waals surface area contributed by atoms with Gasteiger partial charge in [0.25, 0.3) is 10.0 Å². The lowest BCUT2D eigenvalue weighted by molar-refractivity contribution is -0.136. The summed E-state index contributed by atoms with van der Waals surface area (Å²) in [6.45, 7) is 0. The third-order valence-corrected chi connectivity index (χ3v) is 6.58. The number of carboxylic acid groups (broad SMARTS) is 1. The minimum atomic E-state index is -3.84. The number of aliphatic carboxylic acids is 1. The number of carboxylic acids is 1. The highest BCUT2D eigenvalue weighted by Crippen LogP contribution is 2.33. The lowest BCUT2D eigenvalue weighted by Gasteiger charge is -2.08. The molecule has 1 heterocycles. The van der Waals surface area contributed by atoms with Gasteiger partial charge < -0.3 is 9.84 Å². The highest BCUT2D eigenvalue weighted by molar-refractivity contribution is 7.90. The van der Waals surface area contributed by atoms with Crippen LogP contribution >= 0.6 is 0 Å². The van der Waals surface area contributed by atoms with Gasteiger partial charge in [0.05, 0.1) is 23.9 Å². The van der Waals surface area contributed by atoms with Crippen LogP contribution in [0, 0.1) is 0 Å². The van der Waals surface area contributed by atoms with Gasteiger partial charge in [-0.3, -0.25) is 4.79 Å². The van der Waals surface area contributed by atoms with E-state index in [1.807, 2.05) is 18.2 Å². The van der Waals surface area contributed by atoms with Crippen molar-refractivity contribution in [2.45, 2.75) is 11.3 Å². The fourth-order valence-electron chi connectivity index (χ4n) is 3.46. The van der Waals surface area contributed by atoms with E-state index in [4.69, 9.17) is 9.84 Å². The number of ether oxygens (including phenoxy) is 1. The molecule has 0 atom stereocenters. The summed E-state index contributed by atoms with van der Waals surface area (Å²) in [7, 11) is -2.32. The van der Waals surface area contributed by atoms with Crippen molar-refractivity contribution in [1.29, 1.82) is 0 Å². The third kappa shape index (κ3) is 3.55. The number of carbonyl (C=O) groups is 1. The highest BCUT2D eigenvalue weighted by atomic mass is 32.2. The van der Waals surface area contributed by atoms with Crippen LogP contribution in [0.3, 0.4) is 0 Å². The summed E-state index contributed by atoms with van der Waals surface area (Å²) in [5, 5.41) is 9.85. The minimum Gasteiger partial charge on any atom is -0.497 e. The van der Waals surface area contributed by atoms with Gasteiger partial charge in [-0.2, -0.15) is 0 Å². The quantitative estimate of drug-likeness (QED) is 0.505. The predicted molar refractivity (Wildman–Crippen MR) is 114 cm³/mol. The Bertz CT molecular complexity index is 1340. The van der Waals surface area contributed by atoms with Crippen molar-refractivity contribution >= 4 is 26.9 Å². The number of methoxy groups -OCH3 is 1. The van der Waals surface area contributed by atoms with Crippen LogP contribution < -0.4 is 4.74 Å². The molecule has 0 amide bonds. The number of para-hydroxylation sites is 1. The van der Waals surface area contributed by atoms with Gasteiger partial charge in [-0.1, -0.05) is 42.5 Å². The van der Waals surface area contributed by atoms with Crippen LogP contribution in [0.15, 0.2) is 83.9 Å². The SMILES string of the molecule is COc1ccc(S(=O)(=O)n2cc(-c3cccc(CC(=O)O)c3)c3ccccc32)cc1. The first-order valence-corrected chi connectivity index (χ1v) is 10.6. The van der Waals surface area contributed by atoms with Gasteiger partial charge in [0.15, 0.2) is 0 Å². The summed E-state index contributed by atoms with van der Waals surface area (Å²) in [4.78, 5) is 11.2. The van der Waals surface area contributed by atoms with Gasteiger partial charge in [0.2, 0.25) is 0 Å². The number of rotatable bonds is 6. The van der Waals surface area contributed by atoms with Crippen molar-refractivity contribution < 1.29 is 23.1 Å². The van der Waals surface area contributed by atoms with Crippen LogP contribution in [-0.2, 0) is 21.2 Å². The Morgan fingerprint density at radius 2 is 1.73 bits per heavy atom. The van der Waals surface area contributed by atoms with E-state index in [9.17, 15) is 13.2 Å². The Morgan fingerprint density at radius 3 is 2.43 bits per heavy atom. The molecule has 0 aliphatic rings. The van der Waals surface area contributed by atoms with E-state index >= 15 is 0 Å². The fourth-order valence-corrected chi connectivity index (χ4v) is 4.83. The van der Waals surface area contributed by atoms with Crippen molar-refractivity contribution in [1.82, 2.24) is 3.97 Å². The Labute approximate surface area is 174 Å². The fraction of sp³-hybridized carbons (Fsp3) is 0.0870. The maximum atomic E-state index is 13.3. The zero-order valence-corrected chi connectivity index (χ0v) is 17.0. The second-order valence-corrected chi connectivity index (χ2v) is 8.62. The lowest BCUT2D eigenvalue weighted by Crippen LogP contribution is -2.11. The average molecular weight is 421 g/mol. The van der Waals surface area contributed by atoms with Gasteiger partial charge in [-0.05, 0) is 41.5 Å². The topological polar surface area (TPSA) is 85.6 Å². The monoisotopic (exact) mass is 421 g/mol. The molecule has 4 aromatic rings. The van der Waals surface area contributed by atoms with E-state index in [-0.39, 0.29) is 11.3 Å². The molecule has 0 saturated heterocycles. The minimum absolute atomic E-state index is 0.101. The van der Waals surface area contributed by atoms with E-state index in [0.29, 0.717) is 16.8 Å². The molecule has 0 spiro atoms. The van der Waals surface area contributed by atoms with Crippen LogP contribution in [0.2, 0.25) is 0 Å². The molecule has 0 bridgehead atoms. The van der Waals surface area contributed by atoms with E-state index < -0.39 is 16.0 Å². The zero-order chi connectivity index (χ0) is 21.3. The van der Waals surface area contributed by atoms with Gasteiger partial charge in [0.1, 0.15) is 5.75 Å². The predicted octanol–water partition coefficient (Wildman–Crippen LogP) is 4.18. The molecular weight excluding hydrogens is 402 g/mol. The normalized spacial score (nSPS) is 11.5. The number of hydrogen-bond acceptors (Lipinski definition) is 4. The highest BCUT2D eigenvalue weighted by Gasteiger charge is 2.22. The summed E-state index contributed by atoms with van der Waals surface area (Å²) in [5.41, 5.74) is 2.67. The van der Waals surface area contributed by atoms with Gasteiger partial charge >= 0.3 is 5.97 Å². The van der Waals surface area contributed by atoms with E-state index in [1.54, 1.807) is 48.7 Å². The second kappa shape index (κ2) is 7.68. The van der Waals surface area contributed by atoms with Crippen LogP contribution in [-0.4, -0.2) is 30.6 Å². The van der Waals surface area contributed by atoms with Crippen molar-refractivity contribution in [3.8, 4) is 16.9 Å². The van der Waals surface area contributed by atoms with Gasteiger partial charge in [-0.25, -0.2) is 12.4 Å². The standard InChI is InChI=1S/C23H19NO5S/c1-29-18-9-11-19(12-10-18)30(27,28)24-15-21(20-7-2-3-8-22(20)24)17-6-4-5-16(13-17)14-23(25)26/h2-13,15H,14H2,1H3,(H,25,26). The van der Waals surface area contributed by atoms with Crippen molar-refractivity contribution in [3.05, 3.63) is 84.6 Å². The zero-order valence-electron chi connectivity index (χ0n) is 16.1. The second-order valence-electron chi connectivity index (χ2n) is 6.81. The molecule has 6 nitrogen and oxygen atoms in total. The maximum absolute atomic E-state index is 13.3. The Balaban J connectivity index is 1.88. The maximum Gasteiger partial charge on any atom is 0.307 e. The van der Waals surface area contributed by atoms with Crippen molar-refractivity contribution in [3.63, 3.8) is 0 Å². The van der Waals surface area contributed by atoms with E-state index in [1.165, 1.54) is 23.2 Å². The Morgan fingerprint density at radius 1 is 1.00 bits per heavy atom. The molecule has 1 N–H and O–H groups in total. The number of hydrogen-bond donors (Lipinski definition) is 1.